The van der Waals surface area contributed by atoms with Crippen LogP contribution in [0, 0.1) is 0 Å². The van der Waals surface area contributed by atoms with Crippen LogP contribution >= 0.6 is 0 Å². The minimum Gasteiger partial charge on any atom is -0.331 e. The summed E-state index contributed by atoms with van der Waals surface area (Å²) in [7, 11) is 5.68. The third-order valence-corrected chi connectivity index (χ3v) is 3.41. The molecule has 2 radical (unpaired) electrons. The van der Waals surface area contributed by atoms with E-state index in [2.05, 4.69) is 0 Å². The molecule has 0 bridgehead atoms. The molecule has 0 saturated heterocycles. The largest absolute Gasteiger partial charge is 0.331 e. The van der Waals surface area contributed by atoms with E-state index >= 15 is 0 Å². The van der Waals surface area contributed by atoms with E-state index in [1.54, 1.807) is 21.3 Å². The highest BCUT2D eigenvalue weighted by Crippen LogP contribution is 2.19. The van der Waals surface area contributed by atoms with E-state index in [-0.39, 0.29) is 0 Å². The van der Waals surface area contributed by atoms with Crippen LogP contribution in [0.2, 0.25) is 12.1 Å². The molecule has 0 unspecified atom stereocenters. The monoisotopic (exact) mass is 219 g/mol. The first-order valence-electron chi connectivity index (χ1n) is 4.81. The Bertz CT molecular complexity index is 123. The van der Waals surface area contributed by atoms with Crippen molar-refractivity contribution in [1.82, 2.24) is 0 Å². The molecule has 5 heteroatoms. The Morgan fingerprint density at radius 2 is 1.64 bits per heavy atom. The molecular formula is C9H21NO3Si. The molecule has 0 aliphatic carbocycles. The molecule has 0 rings (SSSR count). The average molecular weight is 219 g/mol. The SMILES string of the molecule is COC(CC[Si]CCCN)(OC)OC. The fourth-order valence-electron chi connectivity index (χ4n) is 1.15. The number of rotatable bonds is 9. The van der Waals surface area contributed by atoms with Gasteiger partial charge in [-0.25, -0.2) is 0 Å². The van der Waals surface area contributed by atoms with Crippen LogP contribution in [0.25, 0.3) is 0 Å². The lowest BCUT2D eigenvalue weighted by molar-refractivity contribution is -0.352. The van der Waals surface area contributed by atoms with Gasteiger partial charge in [0.15, 0.2) is 0 Å². The smallest absolute Gasteiger partial charge is 0.281 e. The molecule has 0 atom stereocenters. The molecule has 0 amide bonds. The van der Waals surface area contributed by atoms with Gasteiger partial charge in [-0.15, -0.1) is 0 Å². The Kier molecular flexibility index (Phi) is 8.41. The molecular weight excluding hydrogens is 198 g/mol. The quantitative estimate of drug-likeness (QED) is 0.355. The topological polar surface area (TPSA) is 53.7 Å². The second kappa shape index (κ2) is 8.37. The molecule has 0 heterocycles. The molecule has 14 heavy (non-hydrogen) atoms. The van der Waals surface area contributed by atoms with Crippen LogP contribution in [0.3, 0.4) is 0 Å². The minimum absolute atomic E-state index is 0.763. The van der Waals surface area contributed by atoms with E-state index in [0.717, 1.165) is 35.0 Å². The Balaban J connectivity index is 3.61. The maximum absolute atomic E-state index is 5.41. The van der Waals surface area contributed by atoms with Gasteiger partial charge in [-0.2, -0.15) is 0 Å². The minimum atomic E-state index is -0.851. The van der Waals surface area contributed by atoms with Gasteiger partial charge in [0.2, 0.25) is 0 Å². The molecule has 0 fully saturated rings. The van der Waals surface area contributed by atoms with Crippen molar-refractivity contribution >= 4 is 9.52 Å². The maximum atomic E-state index is 5.41. The third kappa shape index (κ3) is 5.07. The summed E-state index contributed by atoms with van der Waals surface area (Å²) in [5.74, 6) is -0.851. The zero-order valence-corrected chi connectivity index (χ0v) is 10.3. The second-order valence-electron chi connectivity index (χ2n) is 2.94. The van der Waals surface area contributed by atoms with Gasteiger partial charge < -0.3 is 19.9 Å². The molecule has 2 N–H and O–H groups in total. The van der Waals surface area contributed by atoms with Crippen molar-refractivity contribution in [2.24, 2.45) is 5.73 Å². The molecule has 4 nitrogen and oxygen atoms in total. The van der Waals surface area contributed by atoms with Crippen LogP contribution in [0.15, 0.2) is 0 Å². The van der Waals surface area contributed by atoms with E-state index in [9.17, 15) is 0 Å². The van der Waals surface area contributed by atoms with Crippen LogP contribution in [-0.4, -0.2) is 43.4 Å². The molecule has 0 aliphatic heterocycles. The molecule has 0 spiro atoms. The fourth-order valence-corrected chi connectivity index (χ4v) is 2.34. The average Bonchev–Trinajstić information content (AvgIpc) is 2.24. The number of methoxy groups -OCH3 is 3. The van der Waals surface area contributed by atoms with Gasteiger partial charge in [-0.1, -0.05) is 12.1 Å². The van der Waals surface area contributed by atoms with Crippen molar-refractivity contribution in [1.29, 1.82) is 0 Å². The van der Waals surface area contributed by atoms with Crippen molar-refractivity contribution in [3.63, 3.8) is 0 Å². The van der Waals surface area contributed by atoms with E-state index in [4.69, 9.17) is 19.9 Å². The maximum Gasteiger partial charge on any atom is 0.281 e. The normalized spacial score (nSPS) is 12.0. The predicted molar refractivity (Wildman–Crippen MR) is 57.4 cm³/mol. The highest BCUT2D eigenvalue weighted by atomic mass is 28.2. The molecule has 0 saturated carbocycles. The Hall–Kier alpha value is 0.0569. The van der Waals surface area contributed by atoms with Crippen molar-refractivity contribution in [2.45, 2.75) is 30.9 Å². The first-order chi connectivity index (χ1) is 6.74. The van der Waals surface area contributed by atoms with Crippen LogP contribution in [0.1, 0.15) is 12.8 Å². The Morgan fingerprint density at radius 3 is 2.07 bits per heavy atom. The van der Waals surface area contributed by atoms with Crippen molar-refractivity contribution in [2.75, 3.05) is 27.9 Å². The van der Waals surface area contributed by atoms with Gasteiger partial charge >= 0.3 is 0 Å². The molecule has 0 aromatic heterocycles. The Morgan fingerprint density at radius 1 is 1.07 bits per heavy atom. The number of hydrogen-bond acceptors (Lipinski definition) is 4. The van der Waals surface area contributed by atoms with Crippen LogP contribution < -0.4 is 5.73 Å². The van der Waals surface area contributed by atoms with Crippen molar-refractivity contribution < 1.29 is 14.2 Å². The van der Waals surface area contributed by atoms with E-state index in [1.807, 2.05) is 0 Å². The van der Waals surface area contributed by atoms with Crippen molar-refractivity contribution in [3.8, 4) is 0 Å². The van der Waals surface area contributed by atoms with Crippen LogP contribution in [-0.2, 0) is 14.2 Å². The highest BCUT2D eigenvalue weighted by molar-refractivity contribution is 6.35. The summed E-state index contributed by atoms with van der Waals surface area (Å²) in [6.07, 6.45) is 1.86. The zero-order chi connectivity index (χ0) is 10.9. The number of ether oxygens (including phenoxy) is 3. The lowest BCUT2D eigenvalue weighted by Gasteiger charge is -2.28. The van der Waals surface area contributed by atoms with Crippen molar-refractivity contribution in [3.05, 3.63) is 0 Å². The van der Waals surface area contributed by atoms with Gasteiger partial charge in [-0.05, 0) is 13.0 Å². The summed E-state index contributed by atoms with van der Waals surface area (Å²) in [6, 6.07) is 2.24. The third-order valence-electron chi connectivity index (χ3n) is 2.10. The van der Waals surface area contributed by atoms with Crippen LogP contribution in [0.5, 0.6) is 0 Å². The lowest BCUT2D eigenvalue weighted by atomic mass is 10.4. The number of hydrogen-bond donors (Lipinski definition) is 1. The van der Waals surface area contributed by atoms with Gasteiger partial charge in [0.05, 0.1) is 0 Å². The molecule has 0 aromatic carbocycles. The summed E-state index contributed by atoms with van der Waals surface area (Å²) >= 11 is 0. The predicted octanol–water partition coefficient (Wildman–Crippen LogP) is 0.859. The van der Waals surface area contributed by atoms with Gasteiger partial charge in [0.1, 0.15) is 0 Å². The first-order valence-corrected chi connectivity index (χ1v) is 6.22. The molecule has 0 aliphatic rings. The van der Waals surface area contributed by atoms with E-state index in [0.29, 0.717) is 0 Å². The molecule has 0 aromatic rings. The molecule has 84 valence electrons. The van der Waals surface area contributed by atoms with E-state index in [1.165, 1.54) is 6.04 Å². The summed E-state index contributed by atoms with van der Waals surface area (Å²) in [5, 5.41) is 0. The van der Waals surface area contributed by atoms with Gasteiger partial charge in [-0.3, -0.25) is 0 Å². The second-order valence-corrected chi connectivity index (χ2v) is 4.44. The highest BCUT2D eigenvalue weighted by Gasteiger charge is 2.28. The summed E-state index contributed by atoms with van der Waals surface area (Å²) < 4.78 is 15.5. The first kappa shape index (κ1) is 14.1. The van der Waals surface area contributed by atoms with Gasteiger partial charge in [0, 0.05) is 37.3 Å². The standard InChI is InChI=1S/C9H21NO3Si/c1-11-9(12-2,13-3)5-8-14-7-4-6-10/h4-8,10H2,1-3H3. The summed E-state index contributed by atoms with van der Waals surface area (Å²) in [6.45, 7) is 0.775. The zero-order valence-electron chi connectivity index (χ0n) is 9.34. The summed E-state index contributed by atoms with van der Waals surface area (Å²) in [4.78, 5) is 0. The Labute approximate surface area is 88.9 Å². The lowest BCUT2D eigenvalue weighted by Crippen LogP contribution is -2.36. The summed E-state index contributed by atoms with van der Waals surface area (Å²) in [5.41, 5.74) is 5.41. The van der Waals surface area contributed by atoms with E-state index < -0.39 is 5.97 Å². The number of nitrogens with two attached hydrogens (primary N) is 1. The fraction of sp³-hybridized carbons (Fsp3) is 1.00. The van der Waals surface area contributed by atoms with Gasteiger partial charge in [0.25, 0.3) is 5.97 Å². The van der Waals surface area contributed by atoms with Crippen LogP contribution in [0.4, 0.5) is 0 Å².